The summed E-state index contributed by atoms with van der Waals surface area (Å²) in [4.78, 5) is 19.1. The molecule has 1 atom stereocenters. The van der Waals surface area contributed by atoms with Crippen LogP contribution in [0.4, 0.5) is 0 Å². The minimum absolute atomic E-state index is 0.0638. The van der Waals surface area contributed by atoms with Gasteiger partial charge >= 0.3 is 0 Å². The van der Waals surface area contributed by atoms with E-state index in [1.54, 1.807) is 0 Å². The fourth-order valence-corrected chi connectivity index (χ4v) is 3.33. The lowest BCUT2D eigenvalue weighted by Gasteiger charge is -2.33. The average Bonchev–Trinajstić information content (AvgIpc) is 2.81. The number of piperidine rings is 1. The summed E-state index contributed by atoms with van der Waals surface area (Å²) in [6.07, 6.45) is 2.14. The highest BCUT2D eigenvalue weighted by Crippen LogP contribution is 2.28. The Morgan fingerprint density at radius 2 is 2.14 bits per heavy atom. The molecule has 1 saturated heterocycles. The first kappa shape index (κ1) is 15.0. The molecule has 3 rings (SSSR count). The van der Waals surface area contributed by atoms with Crippen molar-refractivity contribution in [2.24, 2.45) is 13.0 Å². The number of hydrogen-bond acceptors (Lipinski definition) is 3. The minimum Gasteiger partial charge on any atom is -0.342 e. The first-order valence-corrected chi connectivity index (χ1v) is 8.06. The maximum atomic E-state index is 12.2. The fraction of sp³-hybridized carbons (Fsp3) is 0.588. The molecule has 2 aromatic heterocycles. The van der Waals surface area contributed by atoms with Crippen molar-refractivity contribution in [2.75, 3.05) is 13.1 Å². The smallest absolute Gasteiger partial charge is 0.225 e. The van der Waals surface area contributed by atoms with E-state index in [1.165, 1.54) is 0 Å². The number of likely N-dealkylation sites (tertiary alicyclic amines) is 1. The van der Waals surface area contributed by atoms with Crippen LogP contribution in [-0.2, 0) is 11.8 Å². The van der Waals surface area contributed by atoms with Crippen LogP contribution in [0, 0.1) is 12.8 Å². The van der Waals surface area contributed by atoms with Crippen molar-refractivity contribution in [1.82, 2.24) is 19.7 Å². The molecule has 3 heterocycles. The molecule has 1 fully saturated rings. The molecule has 0 N–H and O–H groups in total. The monoisotopic (exact) mass is 300 g/mol. The Kier molecular flexibility index (Phi) is 3.89. The van der Waals surface area contributed by atoms with Gasteiger partial charge in [-0.15, -0.1) is 0 Å². The third-order valence-electron chi connectivity index (χ3n) is 4.54. The Morgan fingerprint density at radius 1 is 1.36 bits per heavy atom. The summed E-state index contributed by atoms with van der Waals surface area (Å²) >= 11 is 0. The van der Waals surface area contributed by atoms with E-state index in [1.807, 2.05) is 37.4 Å². The quantitative estimate of drug-likeness (QED) is 0.856. The Labute approximate surface area is 131 Å². The van der Waals surface area contributed by atoms with Gasteiger partial charge < -0.3 is 4.90 Å². The van der Waals surface area contributed by atoms with Crippen molar-refractivity contribution in [3.8, 4) is 0 Å². The Balaban J connectivity index is 1.87. The molecular weight excluding hydrogens is 276 g/mol. The molecule has 1 aliphatic rings. The average molecular weight is 300 g/mol. The zero-order valence-electron chi connectivity index (χ0n) is 13.8. The van der Waals surface area contributed by atoms with Crippen LogP contribution in [0.25, 0.3) is 11.0 Å². The Bertz CT molecular complexity index is 704. The highest BCUT2D eigenvalue weighted by Gasteiger charge is 2.27. The number of aromatic nitrogens is 3. The second-order valence-electron chi connectivity index (χ2n) is 6.59. The number of fused-ring (bicyclic) bond motifs is 1. The van der Waals surface area contributed by atoms with Crippen LogP contribution in [0.5, 0.6) is 0 Å². The van der Waals surface area contributed by atoms with Crippen LogP contribution in [0.15, 0.2) is 12.1 Å². The molecular formula is C17H24N4O. The summed E-state index contributed by atoms with van der Waals surface area (Å²) in [7, 11) is 1.93. The van der Waals surface area contributed by atoms with E-state index < -0.39 is 0 Å². The van der Waals surface area contributed by atoms with E-state index in [0.29, 0.717) is 5.92 Å². The molecule has 5 heteroatoms. The SMILES string of the molecule is Cc1nn(C)c2nc(C3CCCN(C(=O)C(C)C)C3)ccc12. The lowest BCUT2D eigenvalue weighted by molar-refractivity contribution is -0.135. The number of rotatable bonds is 2. The van der Waals surface area contributed by atoms with Crippen molar-refractivity contribution in [1.29, 1.82) is 0 Å². The van der Waals surface area contributed by atoms with Crippen molar-refractivity contribution in [3.63, 3.8) is 0 Å². The van der Waals surface area contributed by atoms with E-state index in [0.717, 1.165) is 48.4 Å². The first-order chi connectivity index (χ1) is 10.5. The summed E-state index contributed by atoms with van der Waals surface area (Å²) < 4.78 is 1.84. The van der Waals surface area contributed by atoms with Crippen molar-refractivity contribution in [3.05, 3.63) is 23.5 Å². The van der Waals surface area contributed by atoms with E-state index in [-0.39, 0.29) is 11.8 Å². The third-order valence-corrected chi connectivity index (χ3v) is 4.54. The standard InChI is InChI=1S/C17H24N4O/c1-11(2)17(22)21-9-5-6-13(10-21)15-8-7-14-12(3)19-20(4)16(14)18-15/h7-8,11,13H,5-6,9-10H2,1-4H3. The molecule has 0 bridgehead atoms. The van der Waals surface area contributed by atoms with Crippen molar-refractivity contribution in [2.45, 2.75) is 39.5 Å². The highest BCUT2D eigenvalue weighted by molar-refractivity contribution is 5.79. The molecule has 0 radical (unpaired) electrons. The topological polar surface area (TPSA) is 51.0 Å². The molecule has 0 aliphatic carbocycles. The number of pyridine rings is 1. The summed E-state index contributed by atoms with van der Waals surface area (Å²) in [5.74, 6) is 0.645. The van der Waals surface area contributed by atoms with Gasteiger partial charge in [-0.25, -0.2) is 4.98 Å². The van der Waals surface area contributed by atoms with Crippen LogP contribution < -0.4 is 0 Å². The van der Waals surface area contributed by atoms with E-state index in [4.69, 9.17) is 4.98 Å². The van der Waals surface area contributed by atoms with Gasteiger partial charge in [-0.3, -0.25) is 9.48 Å². The zero-order chi connectivity index (χ0) is 15.9. The predicted molar refractivity (Wildman–Crippen MR) is 86.6 cm³/mol. The molecule has 0 saturated carbocycles. The second-order valence-corrected chi connectivity index (χ2v) is 6.59. The molecule has 1 aliphatic heterocycles. The number of hydrogen-bond donors (Lipinski definition) is 0. The second kappa shape index (κ2) is 5.71. The fourth-order valence-electron chi connectivity index (χ4n) is 3.33. The highest BCUT2D eigenvalue weighted by atomic mass is 16.2. The van der Waals surface area contributed by atoms with Gasteiger partial charge in [-0.05, 0) is 31.9 Å². The van der Waals surface area contributed by atoms with Crippen LogP contribution in [0.2, 0.25) is 0 Å². The van der Waals surface area contributed by atoms with Crippen LogP contribution in [0.3, 0.4) is 0 Å². The number of carbonyl (C=O) groups is 1. The van der Waals surface area contributed by atoms with E-state index >= 15 is 0 Å². The molecule has 22 heavy (non-hydrogen) atoms. The van der Waals surface area contributed by atoms with Gasteiger partial charge in [-0.1, -0.05) is 13.8 Å². The molecule has 118 valence electrons. The van der Waals surface area contributed by atoms with Crippen LogP contribution >= 0.6 is 0 Å². The number of nitrogens with zero attached hydrogens (tertiary/aromatic N) is 4. The molecule has 0 spiro atoms. The lowest BCUT2D eigenvalue weighted by Crippen LogP contribution is -2.41. The molecule has 1 unspecified atom stereocenters. The normalized spacial score (nSPS) is 19.1. The Morgan fingerprint density at radius 3 is 2.86 bits per heavy atom. The number of aryl methyl sites for hydroxylation is 2. The van der Waals surface area contributed by atoms with Gasteiger partial charge in [0.25, 0.3) is 0 Å². The van der Waals surface area contributed by atoms with E-state index in [2.05, 4.69) is 17.2 Å². The molecule has 0 aromatic carbocycles. The van der Waals surface area contributed by atoms with Gasteiger partial charge in [0.1, 0.15) is 0 Å². The van der Waals surface area contributed by atoms with Gasteiger partial charge in [0.2, 0.25) is 5.91 Å². The van der Waals surface area contributed by atoms with Crippen LogP contribution in [-0.4, -0.2) is 38.7 Å². The number of amides is 1. The Hall–Kier alpha value is -1.91. The first-order valence-electron chi connectivity index (χ1n) is 8.06. The molecule has 1 amide bonds. The predicted octanol–water partition coefficient (Wildman–Crippen LogP) is 2.64. The lowest BCUT2D eigenvalue weighted by atomic mass is 9.93. The van der Waals surface area contributed by atoms with Gasteiger partial charge in [-0.2, -0.15) is 5.10 Å². The summed E-state index contributed by atoms with van der Waals surface area (Å²) in [6.45, 7) is 7.60. The van der Waals surface area contributed by atoms with Gasteiger partial charge in [0, 0.05) is 43.1 Å². The molecule has 5 nitrogen and oxygen atoms in total. The molecule has 2 aromatic rings. The van der Waals surface area contributed by atoms with Crippen molar-refractivity contribution < 1.29 is 4.79 Å². The summed E-state index contributed by atoms with van der Waals surface area (Å²) in [6, 6.07) is 4.22. The van der Waals surface area contributed by atoms with Gasteiger partial charge in [0.05, 0.1) is 5.69 Å². The maximum Gasteiger partial charge on any atom is 0.225 e. The van der Waals surface area contributed by atoms with Crippen LogP contribution in [0.1, 0.15) is 44.0 Å². The summed E-state index contributed by atoms with van der Waals surface area (Å²) in [5, 5.41) is 5.54. The minimum atomic E-state index is 0.0638. The maximum absolute atomic E-state index is 12.2. The van der Waals surface area contributed by atoms with E-state index in [9.17, 15) is 4.79 Å². The zero-order valence-corrected chi connectivity index (χ0v) is 13.8. The number of carbonyl (C=O) groups excluding carboxylic acids is 1. The van der Waals surface area contributed by atoms with Gasteiger partial charge in [0.15, 0.2) is 5.65 Å². The summed E-state index contributed by atoms with van der Waals surface area (Å²) in [5.41, 5.74) is 3.02. The third kappa shape index (κ3) is 2.60. The largest absolute Gasteiger partial charge is 0.342 e. The van der Waals surface area contributed by atoms with Crippen molar-refractivity contribution >= 4 is 16.9 Å².